The first-order chi connectivity index (χ1) is 8.49. The van der Waals surface area contributed by atoms with Crippen molar-refractivity contribution >= 4 is 27.5 Å². The molecule has 1 amide bonds. The maximum Gasteiger partial charge on any atom is 0.283 e. The summed E-state index contributed by atoms with van der Waals surface area (Å²) in [4.78, 5) is 24.1. The third kappa shape index (κ3) is 2.51. The highest BCUT2D eigenvalue weighted by Crippen LogP contribution is 2.25. The van der Waals surface area contributed by atoms with Crippen molar-refractivity contribution in [2.24, 2.45) is 5.73 Å². The van der Waals surface area contributed by atoms with Gasteiger partial charge in [-0.15, -0.1) is 0 Å². The minimum Gasteiger partial charge on any atom is -0.337 e. The molecule has 6 nitrogen and oxygen atoms in total. The third-order valence-corrected chi connectivity index (χ3v) is 3.39. The van der Waals surface area contributed by atoms with E-state index in [0.717, 1.165) is 6.42 Å². The standard InChI is InChI=1S/C11H12BrN3O3/c12-7-1-2-9(10(5-7)15(17)18)11(16)14-4-3-8(13)6-14/h1-2,5,8H,3-4,6,13H2/t8-/m1/s1. The Labute approximate surface area is 112 Å². The molecule has 0 bridgehead atoms. The van der Waals surface area contributed by atoms with E-state index in [4.69, 9.17) is 5.73 Å². The lowest BCUT2D eigenvalue weighted by Crippen LogP contribution is -2.32. The largest absolute Gasteiger partial charge is 0.337 e. The molecule has 1 aromatic carbocycles. The summed E-state index contributed by atoms with van der Waals surface area (Å²) in [5, 5.41) is 10.9. The van der Waals surface area contributed by atoms with Crippen LogP contribution in [0.1, 0.15) is 16.8 Å². The van der Waals surface area contributed by atoms with E-state index in [1.165, 1.54) is 12.1 Å². The summed E-state index contributed by atoms with van der Waals surface area (Å²) in [6.07, 6.45) is 0.732. The lowest BCUT2D eigenvalue weighted by atomic mass is 10.1. The molecule has 0 aliphatic carbocycles. The van der Waals surface area contributed by atoms with Crippen molar-refractivity contribution in [3.63, 3.8) is 0 Å². The second-order valence-electron chi connectivity index (χ2n) is 4.22. The van der Waals surface area contributed by atoms with Gasteiger partial charge in [0.25, 0.3) is 11.6 Å². The summed E-state index contributed by atoms with van der Waals surface area (Å²) in [7, 11) is 0. The second-order valence-corrected chi connectivity index (χ2v) is 5.13. The first-order valence-electron chi connectivity index (χ1n) is 5.48. The molecule has 7 heteroatoms. The average Bonchev–Trinajstić information content (AvgIpc) is 2.75. The minimum absolute atomic E-state index is 0.0385. The Balaban J connectivity index is 2.33. The third-order valence-electron chi connectivity index (χ3n) is 2.90. The number of amides is 1. The zero-order valence-corrected chi connectivity index (χ0v) is 11.1. The summed E-state index contributed by atoms with van der Waals surface area (Å²) in [5.41, 5.74) is 5.65. The molecule has 18 heavy (non-hydrogen) atoms. The van der Waals surface area contributed by atoms with Gasteiger partial charge in [0.15, 0.2) is 0 Å². The monoisotopic (exact) mass is 313 g/mol. The van der Waals surface area contributed by atoms with E-state index in [2.05, 4.69) is 15.9 Å². The van der Waals surface area contributed by atoms with E-state index in [-0.39, 0.29) is 23.2 Å². The number of nitro benzene ring substituents is 1. The predicted molar refractivity (Wildman–Crippen MR) is 69.3 cm³/mol. The number of likely N-dealkylation sites (tertiary alicyclic amines) is 1. The molecule has 0 radical (unpaired) electrons. The molecule has 1 aromatic rings. The minimum atomic E-state index is -0.548. The molecule has 0 aromatic heterocycles. The quantitative estimate of drug-likeness (QED) is 0.662. The van der Waals surface area contributed by atoms with E-state index < -0.39 is 4.92 Å². The molecule has 1 saturated heterocycles. The number of halogens is 1. The summed E-state index contributed by atoms with van der Waals surface area (Å²) in [6.45, 7) is 0.999. The predicted octanol–water partition coefficient (Wildman–Crippen LogP) is 1.53. The number of carbonyl (C=O) groups excluding carboxylic acids is 1. The van der Waals surface area contributed by atoms with Crippen LogP contribution in [0.3, 0.4) is 0 Å². The molecule has 1 aliphatic heterocycles. The second kappa shape index (κ2) is 5.03. The number of benzene rings is 1. The highest BCUT2D eigenvalue weighted by molar-refractivity contribution is 9.10. The number of hydrogen-bond donors (Lipinski definition) is 1. The molecular weight excluding hydrogens is 302 g/mol. The Kier molecular flexibility index (Phi) is 3.63. The zero-order chi connectivity index (χ0) is 13.3. The van der Waals surface area contributed by atoms with Crippen molar-refractivity contribution in [1.82, 2.24) is 4.90 Å². The Morgan fingerprint density at radius 1 is 1.56 bits per heavy atom. The van der Waals surface area contributed by atoms with Crippen LogP contribution in [0, 0.1) is 10.1 Å². The molecule has 1 fully saturated rings. The van der Waals surface area contributed by atoms with Gasteiger partial charge < -0.3 is 10.6 Å². The van der Waals surface area contributed by atoms with Crippen molar-refractivity contribution in [1.29, 1.82) is 0 Å². The van der Waals surface area contributed by atoms with E-state index in [0.29, 0.717) is 17.6 Å². The number of nitro groups is 1. The number of nitrogens with two attached hydrogens (primary N) is 1. The van der Waals surface area contributed by atoms with Crippen LogP contribution in [0.5, 0.6) is 0 Å². The van der Waals surface area contributed by atoms with Crippen LogP contribution in [-0.2, 0) is 0 Å². The molecule has 1 atom stereocenters. The van der Waals surface area contributed by atoms with Crippen LogP contribution < -0.4 is 5.73 Å². The maximum absolute atomic E-state index is 12.2. The zero-order valence-electron chi connectivity index (χ0n) is 9.51. The van der Waals surface area contributed by atoms with E-state index in [9.17, 15) is 14.9 Å². The average molecular weight is 314 g/mol. The van der Waals surface area contributed by atoms with Crippen LogP contribution >= 0.6 is 15.9 Å². The van der Waals surface area contributed by atoms with Crippen LogP contribution in [0.25, 0.3) is 0 Å². The van der Waals surface area contributed by atoms with E-state index >= 15 is 0 Å². The van der Waals surface area contributed by atoms with Gasteiger partial charge in [-0.25, -0.2) is 0 Å². The molecule has 1 heterocycles. The fraction of sp³-hybridized carbons (Fsp3) is 0.364. The summed E-state index contributed by atoms with van der Waals surface area (Å²) in [6, 6.07) is 4.39. The molecule has 0 spiro atoms. The van der Waals surface area contributed by atoms with Crippen LogP contribution in [-0.4, -0.2) is 34.9 Å². The van der Waals surface area contributed by atoms with Gasteiger partial charge in [0.1, 0.15) is 5.56 Å². The van der Waals surface area contributed by atoms with Gasteiger partial charge in [-0.05, 0) is 18.6 Å². The summed E-state index contributed by atoms with van der Waals surface area (Å²) in [5.74, 6) is -0.331. The summed E-state index contributed by atoms with van der Waals surface area (Å²) >= 11 is 3.16. The SMILES string of the molecule is N[C@@H]1CCN(C(=O)c2ccc(Br)cc2[N+](=O)[O-])C1. The number of nitrogens with zero attached hydrogens (tertiary/aromatic N) is 2. The Morgan fingerprint density at radius 3 is 2.83 bits per heavy atom. The van der Waals surface area contributed by atoms with Crippen molar-refractivity contribution in [3.8, 4) is 0 Å². The molecule has 0 saturated carbocycles. The highest BCUT2D eigenvalue weighted by atomic mass is 79.9. The lowest BCUT2D eigenvalue weighted by Gasteiger charge is -2.15. The van der Waals surface area contributed by atoms with Gasteiger partial charge in [-0.1, -0.05) is 15.9 Å². The van der Waals surface area contributed by atoms with E-state index in [1.54, 1.807) is 11.0 Å². The fourth-order valence-electron chi connectivity index (χ4n) is 1.98. The van der Waals surface area contributed by atoms with Crippen molar-refractivity contribution in [2.45, 2.75) is 12.5 Å². The highest BCUT2D eigenvalue weighted by Gasteiger charge is 2.29. The number of rotatable bonds is 2. The molecular formula is C11H12BrN3O3. The first kappa shape index (κ1) is 13.0. The summed E-state index contributed by atoms with van der Waals surface area (Å²) < 4.78 is 0.573. The molecule has 0 unspecified atom stereocenters. The van der Waals surface area contributed by atoms with Crippen LogP contribution in [0.15, 0.2) is 22.7 Å². The van der Waals surface area contributed by atoms with Crippen molar-refractivity contribution in [3.05, 3.63) is 38.3 Å². The molecule has 1 aliphatic rings. The van der Waals surface area contributed by atoms with Gasteiger partial charge in [0.05, 0.1) is 4.92 Å². The van der Waals surface area contributed by atoms with Gasteiger partial charge in [-0.2, -0.15) is 0 Å². The fourth-order valence-corrected chi connectivity index (χ4v) is 2.33. The lowest BCUT2D eigenvalue weighted by molar-refractivity contribution is -0.385. The topological polar surface area (TPSA) is 89.5 Å². The van der Waals surface area contributed by atoms with Crippen LogP contribution in [0.4, 0.5) is 5.69 Å². The van der Waals surface area contributed by atoms with Gasteiger partial charge in [0, 0.05) is 29.7 Å². The molecule has 2 N–H and O–H groups in total. The Bertz CT molecular complexity index is 506. The van der Waals surface area contributed by atoms with Crippen molar-refractivity contribution < 1.29 is 9.72 Å². The Hall–Kier alpha value is -1.47. The smallest absolute Gasteiger partial charge is 0.283 e. The number of carbonyl (C=O) groups is 1. The van der Waals surface area contributed by atoms with Crippen LogP contribution in [0.2, 0.25) is 0 Å². The maximum atomic E-state index is 12.2. The van der Waals surface area contributed by atoms with Crippen molar-refractivity contribution in [2.75, 3.05) is 13.1 Å². The van der Waals surface area contributed by atoms with Gasteiger partial charge >= 0.3 is 0 Å². The molecule has 2 rings (SSSR count). The van der Waals surface area contributed by atoms with Gasteiger partial charge in [0.2, 0.25) is 0 Å². The van der Waals surface area contributed by atoms with Gasteiger partial charge in [-0.3, -0.25) is 14.9 Å². The first-order valence-corrected chi connectivity index (χ1v) is 6.27. The Morgan fingerprint density at radius 2 is 2.28 bits per heavy atom. The van der Waals surface area contributed by atoms with E-state index in [1.807, 2.05) is 0 Å². The normalized spacial score (nSPS) is 19.0. The molecule has 96 valence electrons. The number of hydrogen-bond acceptors (Lipinski definition) is 4.